The molecular formula is C20H32N4O. The Morgan fingerprint density at radius 1 is 1.32 bits per heavy atom. The minimum absolute atomic E-state index is 0.166. The van der Waals surface area contributed by atoms with Gasteiger partial charge in [0.05, 0.1) is 0 Å². The lowest BCUT2D eigenvalue weighted by atomic mass is 10.00. The topological polar surface area (TPSA) is 65.5 Å². The molecule has 1 amide bonds. The van der Waals surface area contributed by atoms with Gasteiger partial charge in [0.25, 0.3) is 0 Å². The van der Waals surface area contributed by atoms with Crippen LogP contribution in [0.15, 0.2) is 29.3 Å². The van der Waals surface area contributed by atoms with E-state index >= 15 is 0 Å². The molecule has 3 N–H and O–H groups in total. The molecule has 1 unspecified atom stereocenters. The van der Waals surface area contributed by atoms with E-state index in [9.17, 15) is 4.79 Å². The number of carbonyl (C=O) groups is 1. The van der Waals surface area contributed by atoms with E-state index in [2.05, 4.69) is 66.0 Å². The lowest BCUT2D eigenvalue weighted by Gasteiger charge is -2.14. The number of aryl methyl sites for hydroxylation is 1. The average Bonchev–Trinajstić information content (AvgIpc) is 3.40. The zero-order valence-corrected chi connectivity index (χ0v) is 15.8. The van der Waals surface area contributed by atoms with Gasteiger partial charge in [0.2, 0.25) is 5.91 Å². The molecule has 0 spiro atoms. The van der Waals surface area contributed by atoms with E-state index in [0.29, 0.717) is 18.4 Å². The third kappa shape index (κ3) is 7.59. The first-order valence-corrected chi connectivity index (χ1v) is 9.46. The van der Waals surface area contributed by atoms with Gasteiger partial charge in [-0.25, -0.2) is 0 Å². The number of aliphatic imine (C=N–C) groups is 1. The summed E-state index contributed by atoms with van der Waals surface area (Å²) in [5, 5.41) is 9.61. The van der Waals surface area contributed by atoms with E-state index in [1.165, 1.54) is 11.1 Å². The van der Waals surface area contributed by atoms with E-state index in [1.54, 1.807) is 0 Å². The van der Waals surface area contributed by atoms with E-state index in [-0.39, 0.29) is 5.91 Å². The van der Waals surface area contributed by atoms with Crippen molar-refractivity contribution < 1.29 is 4.79 Å². The lowest BCUT2D eigenvalue weighted by Crippen LogP contribution is -2.38. The van der Waals surface area contributed by atoms with Gasteiger partial charge < -0.3 is 16.0 Å². The summed E-state index contributed by atoms with van der Waals surface area (Å²) in [7, 11) is 0. The number of rotatable bonds is 9. The van der Waals surface area contributed by atoms with Crippen molar-refractivity contribution >= 4 is 11.9 Å². The van der Waals surface area contributed by atoms with Crippen LogP contribution in [0, 0.1) is 6.92 Å². The van der Waals surface area contributed by atoms with Crippen molar-refractivity contribution in [1.29, 1.82) is 0 Å². The van der Waals surface area contributed by atoms with Crippen LogP contribution in [0.5, 0.6) is 0 Å². The highest BCUT2D eigenvalue weighted by molar-refractivity contribution is 5.80. The quantitative estimate of drug-likeness (QED) is 0.367. The zero-order valence-electron chi connectivity index (χ0n) is 15.8. The van der Waals surface area contributed by atoms with Crippen LogP contribution in [0.4, 0.5) is 0 Å². The number of nitrogens with zero attached hydrogens (tertiary/aromatic N) is 1. The van der Waals surface area contributed by atoms with Crippen LogP contribution in [0.1, 0.15) is 56.6 Å². The molecule has 0 aromatic heterocycles. The number of amides is 1. The molecule has 138 valence electrons. The molecule has 1 aliphatic carbocycles. The summed E-state index contributed by atoms with van der Waals surface area (Å²) in [6.45, 7) is 8.69. The fourth-order valence-electron chi connectivity index (χ4n) is 2.64. The van der Waals surface area contributed by atoms with Gasteiger partial charge in [0.1, 0.15) is 0 Å². The smallest absolute Gasteiger partial charge is 0.220 e. The van der Waals surface area contributed by atoms with E-state index in [4.69, 9.17) is 0 Å². The number of hydrogen-bond donors (Lipinski definition) is 3. The van der Waals surface area contributed by atoms with Crippen LogP contribution in [-0.2, 0) is 4.79 Å². The van der Waals surface area contributed by atoms with Gasteiger partial charge in [0, 0.05) is 38.0 Å². The highest BCUT2D eigenvalue weighted by Gasteiger charge is 2.22. The molecule has 1 aromatic rings. The van der Waals surface area contributed by atoms with Crippen molar-refractivity contribution in [3.63, 3.8) is 0 Å². The molecule has 0 saturated heterocycles. The Hall–Kier alpha value is -2.04. The number of carbonyl (C=O) groups excluding carboxylic acids is 1. The second-order valence-corrected chi connectivity index (χ2v) is 6.91. The predicted octanol–water partition coefficient (Wildman–Crippen LogP) is 2.71. The van der Waals surface area contributed by atoms with Crippen LogP contribution in [-0.4, -0.2) is 37.5 Å². The van der Waals surface area contributed by atoms with Crippen LogP contribution in [0.25, 0.3) is 0 Å². The monoisotopic (exact) mass is 344 g/mol. The second-order valence-electron chi connectivity index (χ2n) is 6.91. The maximum atomic E-state index is 11.7. The van der Waals surface area contributed by atoms with Gasteiger partial charge in [-0.3, -0.25) is 9.79 Å². The van der Waals surface area contributed by atoms with Crippen LogP contribution < -0.4 is 16.0 Å². The fraction of sp³-hybridized carbons (Fsp3) is 0.600. The average molecular weight is 345 g/mol. The van der Waals surface area contributed by atoms with Crippen molar-refractivity contribution in [1.82, 2.24) is 16.0 Å². The summed E-state index contributed by atoms with van der Waals surface area (Å²) in [6, 6.07) is 9.04. The maximum absolute atomic E-state index is 11.7. The fourth-order valence-corrected chi connectivity index (χ4v) is 2.64. The van der Waals surface area contributed by atoms with Crippen molar-refractivity contribution in [2.24, 2.45) is 4.99 Å². The molecule has 1 fully saturated rings. The summed E-state index contributed by atoms with van der Waals surface area (Å²) in [6.07, 6.45) is 3.67. The molecule has 2 rings (SSSR count). The second kappa shape index (κ2) is 10.1. The Balaban J connectivity index is 1.73. The first kappa shape index (κ1) is 19.3. The Labute approximate surface area is 151 Å². The summed E-state index contributed by atoms with van der Waals surface area (Å²) in [5.41, 5.74) is 2.60. The number of nitrogens with one attached hydrogen (secondary N) is 3. The highest BCUT2D eigenvalue weighted by atomic mass is 16.1. The van der Waals surface area contributed by atoms with Gasteiger partial charge in [-0.2, -0.15) is 0 Å². The summed E-state index contributed by atoms with van der Waals surface area (Å²) in [5.74, 6) is 1.36. The van der Waals surface area contributed by atoms with Crippen molar-refractivity contribution in [3.8, 4) is 0 Å². The Morgan fingerprint density at radius 2 is 2.12 bits per heavy atom. The SMILES string of the molecule is CCNC(=NCC(C)c1cccc(C)c1)NCCCC(=O)NC1CC1. The molecule has 0 bridgehead atoms. The normalized spacial score (nSPS) is 15.6. The molecule has 25 heavy (non-hydrogen) atoms. The first-order chi connectivity index (χ1) is 12.1. The number of benzene rings is 1. The molecule has 0 radical (unpaired) electrons. The van der Waals surface area contributed by atoms with Crippen LogP contribution in [0.2, 0.25) is 0 Å². The molecule has 1 saturated carbocycles. The van der Waals surface area contributed by atoms with Gasteiger partial charge >= 0.3 is 0 Å². The zero-order chi connectivity index (χ0) is 18.1. The van der Waals surface area contributed by atoms with Crippen molar-refractivity contribution in [2.45, 2.75) is 58.4 Å². The number of hydrogen-bond acceptors (Lipinski definition) is 2. The lowest BCUT2D eigenvalue weighted by molar-refractivity contribution is -0.121. The Bertz CT molecular complexity index is 581. The van der Waals surface area contributed by atoms with E-state index in [0.717, 1.165) is 44.9 Å². The molecule has 0 aliphatic heterocycles. The number of guanidine groups is 1. The summed E-state index contributed by atoms with van der Waals surface area (Å²) < 4.78 is 0. The molecular weight excluding hydrogens is 312 g/mol. The summed E-state index contributed by atoms with van der Waals surface area (Å²) >= 11 is 0. The summed E-state index contributed by atoms with van der Waals surface area (Å²) in [4.78, 5) is 16.4. The van der Waals surface area contributed by atoms with E-state index < -0.39 is 0 Å². The largest absolute Gasteiger partial charge is 0.357 e. The highest BCUT2D eigenvalue weighted by Crippen LogP contribution is 2.18. The molecule has 5 heteroatoms. The van der Waals surface area contributed by atoms with Crippen molar-refractivity contribution in [3.05, 3.63) is 35.4 Å². The van der Waals surface area contributed by atoms with Gasteiger partial charge in [-0.05, 0) is 38.7 Å². The Kier molecular flexibility index (Phi) is 7.76. The van der Waals surface area contributed by atoms with Crippen LogP contribution in [0.3, 0.4) is 0 Å². The molecule has 1 aromatic carbocycles. The predicted molar refractivity (Wildman–Crippen MR) is 104 cm³/mol. The standard InChI is InChI=1S/C20H32N4O/c1-4-21-20(22-12-6-9-19(25)24-18-10-11-18)23-14-16(3)17-8-5-7-15(2)13-17/h5,7-8,13,16,18H,4,6,9-12,14H2,1-3H3,(H,24,25)(H2,21,22,23). The minimum atomic E-state index is 0.166. The molecule has 0 heterocycles. The van der Waals surface area contributed by atoms with Gasteiger partial charge in [0.15, 0.2) is 5.96 Å². The third-order valence-corrected chi connectivity index (χ3v) is 4.29. The molecule has 1 aliphatic rings. The molecule has 1 atom stereocenters. The third-order valence-electron chi connectivity index (χ3n) is 4.29. The first-order valence-electron chi connectivity index (χ1n) is 9.46. The Morgan fingerprint density at radius 3 is 2.80 bits per heavy atom. The van der Waals surface area contributed by atoms with Gasteiger partial charge in [-0.15, -0.1) is 0 Å². The van der Waals surface area contributed by atoms with Crippen molar-refractivity contribution in [2.75, 3.05) is 19.6 Å². The van der Waals surface area contributed by atoms with E-state index in [1.807, 2.05) is 0 Å². The maximum Gasteiger partial charge on any atom is 0.220 e. The minimum Gasteiger partial charge on any atom is -0.357 e. The van der Waals surface area contributed by atoms with Gasteiger partial charge in [-0.1, -0.05) is 36.8 Å². The van der Waals surface area contributed by atoms with Crippen LogP contribution >= 0.6 is 0 Å². The molecule has 5 nitrogen and oxygen atoms in total.